The average Bonchev–Trinajstić information content (AvgIpc) is 2.82. The van der Waals surface area contributed by atoms with E-state index in [0.717, 1.165) is 51.4 Å². The number of carbonyl (C=O) groups is 1. The van der Waals surface area contributed by atoms with Crippen LogP contribution >= 0.6 is 0 Å². The van der Waals surface area contributed by atoms with Crippen LogP contribution in [0.2, 0.25) is 0 Å². The van der Waals surface area contributed by atoms with Gasteiger partial charge in [0.05, 0.1) is 0 Å². The van der Waals surface area contributed by atoms with Gasteiger partial charge in [0.15, 0.2) is 0 Å². The summed E-state index contributed by atoms with van der Waals surface area (Å²) in [5, 5.41) is 3.35. The van der Waals surface area contributed by atoms with Crippen molar-refractivity contribution in [1.82, 2.24) is 10.3 Å². The Kier molecular flexibility index (Phi) is 2.68. The van der Waals surface area contributed by atoms with Crippen LogP contribution in [-0.4, -0.2) is 44.1 Å². The summed E-state index contributed by atoms with van der Waals surface area (Å²) in [5.74, 6) is 0.844. The lowest BCUT2D eigenvalue weighted by molar-refractivity contribution is -0.107. The number of fused-ring (bicyclic) bond motifs is 1. The fourth-order valence-electron chi connectivity index (χ4n) is 2.60. The number of nitrogens with zero attached hydrogens (tertiary/aromatic N) is 3. The number of aromatic nitrogens is 1. The van der Waals surface area contributed by atoms with Gasteiger partial charge in [0.1, 0.15) is 5.82 Å². The van der Waals surface area contributed by atoms with Gasteiger partial charge in [-0.25, -0.2) is 4.98 Å². The zero-order chi connectivity index (χ0) is 11.7. The largest absolute Gasteiger partial charge is 0.369 e. The Morgan fingerprint density at radius 1 is 1.29 bits per heavy atom. The molecule has 3 heterocycles. The molecule has 0 spiro atoms. The molecule has 5 nitrogen and oxygen atoms in total. The second-order valence-corrected chi connectivity index (χ2v) is 4.42. The molecule has 2 aliphatic rings. The van der Waals surface area contributed by atoms with Crippen LogP contribution < -0.4 is 15.1 Å². The Labute approximate surface area is 100 Å². The third-order valence-electron chi connectivity index (χ3n) is 3.47. The van der Waals surface area contributed by atoms with Crippen LogP contribution in [0.4, 0.5) is 11.5 Å². The monoisotopic (exact) mass is 232 g/mol. The minimum atomic E-state index is 0.759. The van der Waals surface area contributed by atoms with Gasteiger partial charge in [-0.05, 0) is 12.5 Å². The van der Waals surface area contributed by atoms with Crippen LogP contribution in [0.5, 0.6) is 0 Å². The Bertz CT molecular complexity index is 429. The molecule has 0 bridgehead atoms. The fourth-order valence-corrected chi connectivity index (χ4v) is 2.60. The molecule has 1 N–H and O–H groups in total. The van der Waals surface area contributed by atoms with Crippen molar-refractivity contribution < 1.29 is 4.79 Å². The van der Waals surface area contributed by atoms with Gasteiger partial charge in [-0.2, -0.15) is 0 Å². The maximum Gasteiger partial charge on any atom is 0.215 e. The predicted molar refractivity (Wildman–Crippen MR) is 66.4 cm³/mol. The molecule has 1 aromatic heterocycles. The lowest BCUT2D eigenvalue weighted by atomic mass is 10.1. The molecule has 1 aromatic rings. The Hall–Kier alpha value is -1.62. The fraction of sp³-hybridized carbons (Fsp3) is 0.500. The predicted octanol–water partition coefficient (Wildman–Crippen LogP) is 0.0101. The summed E-state index contributed by atoms with van der Waals surface area (Å²) < 4.78 is 0. The van der Waals surface area contributed by atoms with E-state index in [1.807, 2.05) is 0 Å². The first kappa shape index (κ1) is 10.5. The molecule has 1 saturated heterocycles. The van der Waals surface area contributed by atoms with Gasteiger partial charge < -0.3 is 10.2 Å². The lowest BCUT2D eigenvalue weighted by Crippen LogP contribution is -2.43. The van der Waals surface area contributed by atoms with Crippen molar-refractivity contribution in [2.75, 3.05) is 42.5 Å². The van der Waals surface area contributed by atoms with Gasteiger partial charge in [-0.3, -0.25) is 9.69 Å². The number of rotatable bonds is 2. The first-order chi connectivity index (χ1) is 8.40. The van der Waals surface area contributed by atoms with Crippen molar-refractivity contribution >= 4 is 17.9 Å². The first-order valence-corrected chi connectivity index (χ1v) is 6.05. The molecule has 0 unspecified atom stereocenters. The molecule has 3 rings (SSSR count). The van der Waals surface area contributed by atoms with Crippen molar-refractivity contribution in [2.45, 2.75) is 6.42 Å². The topological polar surface area (TPSA) is 48.5 Å². The highest BCUT2D eigenvalue weighted by Gasteiger charge is 2.25. The average molecular weight is 232 g/mol. The summed E-state index contributed by atoms with van der Waals surface area (Å²) in [6, 6.07) is 2.07. The van der Waals surface area contributed by atoms with E-state index in [1.54, 1.807) is 11.1 Å². The number of carbonyl (C=O) groups excluding carboxylic acids is 1. The van der Waals surface area contributed by atoms with Crippen LogP contribution in [-0.2, 0) is 11.2 Å². The van der Waals surface area contributed by atoms with Crippen LogP contribution in [0.1, 0.15) is 5.56 Å². The number of pyridine rings is 1. The van der Waals surface area contributed by atoms with Crippen molar-refractivity contribution in [2.24, 2.45) is 0 Å². The summed E-state index contributed by atoms with van der Waals surface area (Å²) in [5.41, 5.74) is 2.47. The molecular weight excluding hydrogens is 216 g/mol. The maximum absolute atomic E-state index is 10.9. The first-order valence-electron chi connectivity index (χ1n) is 6.05. The SMILES string of the molecule is O=CN1CCc2c(N3CCNCC3)ccnc21. The molecule has 1 amide bonds. The molecule has 2 aliphatic heterocycles. The van der Waals surface area contributed by atoms with E-state index in [0.29, 0.717) is 0 Å². The van der Waals surface area contributed by atoms with Gasteiger partial charge in [0, 0.05) is 50.2 Å². The number of nitrogens with one attached hydrogen (secondary N) is 1. The molecule has 0 radical (unpaired) electrons. The number of hydrogen-bond acceptors (Lipinski definition) is 4. The van der Waals surface area contributed by atoms with E-state index in [4.69, 9.17) is 0 Å². The Balaban J connectivity index is 1.95. The van der Waals surface area contributed by atoms with Gasteiger partial charge in [0.25, 0.3) is 0 Å². The summed E-state index contributed by atoms with van der Waals surface area (Å²) >= 11 is 0. The lowest BCUT2D eigenvalue weighted by Gasteiger charge is -2.30. The number of amides is 1. The zero-order valence-electron chi connectivity index (χ0n) is 9.72. The third kappa shape index (κ3) is 1.76. The molecule has 1 fully saturated rings. The second-order valence-electron chi connectivity index (χ2n) is 4.42. The van der Waals surface area contributed by atoms with E-state index in [2.05, 4.69) is 21.3 Å². The highest BCUT2D eigenvalue weighted by molar-refractivity contribution is 5.80. The normalized spacial score (nSPS) is 19.3. The molecule has 0 atom stereocenters. The number of hydrogen-bond donors (Lipinski definition) is 1. The standard InChI is InChI=1S/C12H16N4O/c17-9-16-6-2-10-11(1-3-14-12(10)16)15-7-4-13-5-8-15/h1,3,9,13H,2,4-8H2. The molecule has 0 aliphatic carbocycles. The molecular formula is C12H16N4O. The summed E-state index contributed by atoms with van der Waals surface area (Å²) in [6.07, 6.45) is 3.60. The quantitative estimate of drug-likeness (QED) is 0.730. The molecule has 5 heteroatoms. The van der Waals surface area contributed by atoms with Crippen molar-refractivity contribution in [3.8, 4) is 0 Å². The van der Waals surface area contributed by atoms with Crippen LogP contribution in [0.3, 0.4) is 0 Å². The van der Waals surface area contributed by atoms with Crippen molar-refractivity contribution in [3.63, 3.8) is 0 Å². The minimum Gasteiger partial charge on any atom is -0.369 e. The maximum atomic E-state index is 10.9. The molecule has 90 valence electrons. The highest BCUT2D eigenvalue weighted by Crippen LogP contribution is 2.32. The zero-order valence-corrected chi connectivity index (χ0v) is 9.72. The van der Waals surface area contributed by atoms with Crippen LogP contribution in [0, 0.1) is 0 Å². The molecule has 17 heavy (non-hydrogen) atoms. The van der Waals surface area contributed by atoms with E-state index >= 15 is 0 Å². The van der Waals surface area contributed by atoms with E-state index in [9.17, 15) is 4.79 Å². The van der Waals surface area contributed by atoms with Gasteiger partial charge in [-0.15, -0.1) is 0 Å². The number of piperazine rings is 1. The van der Waals surface area contributed by atoms with Gasteiger partial charge >= 0.3 is 0 Å². The smallest absolute Gasteiger partial charge is 0.215 e. The highest BCUT2D eigenvalue weighted by atomic mass is 16.1. The van der Waals surface area contributed by atoms with Crippen molar-refractivity contribution in [3.05, 3.63) is 17.8 Å². The molecule has 0 saturated carbocycles. The van der Waals surface area contributed by atoms with Gasteiger partial charge in [-0.1, -0.05) is 0 Å². The number of anilines is 2. The van der Waals surface area contributed by atoms with E-state index in [1.165, 1.54) is 11.3 Å². The second kappa shape index (κ2) is 4.33. The van der Waals surface area contributed by atoms with Crippen molar-refractivity contribution in [1.29, 1.82) is 0 Å². The van der Waals surface area contributed by atoms with Crippen LogP contribution in [0.15, 0.2) is 12.3 Å². The third-order valence-corrected chi connectivity index (χ3v) is 3.47. The summed E-state index contributed by atoms with van der Waals surface area (Å²) in [6.45, 7) is 4.85. The van der Waals surface area contributed by atoms with Crippen LogP contribution in [0.25, 0.3) is 0 Å². The minimum absolute atomic E-state index is 0.759. The van der Waals surface area contributed by atoms with Gasteiger partial charge in [0.2, 0.25) is 6.41 Å². The van der Waals surface area contributed by atoms with E-state index in [-0.39, 0.29) is 0 Å². The summed E-state index contributed by atoms with van der Waals surface area (Å²) in [7, 11) is 0. The molecule has 0 aromatic carbocycles. The van der Waals surface area contributed by atoms with E-state index < -0.39 is 0 Å². The Morgan fingerprint density at radius 2 is 2.12 bits per heavy atom. The summed E-state index contributed by atoms with van der Waals surface area (Å²) in [4.78, 5) is 19.3. The Morgan fingerprint density at radius 3 is 2.88 bits per heavy atom.